The summed E-state index contributed by atoms with van der Waals surface area (Å²) in [5.74, 6) is 0.239. The number of methoxy groups -OCH3 is 1. The third-order valence-electron chi connectivity index (χ3n) is 6.37. The summed E-state index contributed by atoms with van der Waals surface area (Å²) >= 11 is 0. The summed E-state index contributed by atoms with van der Waals surface area (Å²) in [6.07, 6.45) is 0. The van der Waals surface area contributed by atoms with E-state index in [1.165, 1.54) is 0 Å². The highest BCUT2D eigenvalue weighted by molar-refractivity contribution is 5.95. The molecule has 0 unspecified atom stereocenters. The van der Waals surface area contributed by atoms with Crippen molar-refractivity contribution >= 4 is 18.0 Å². The van der Waals surface area contributed by atoms with Crippen LogP contribution in [0.15, 0.2) is 35.5 Å². The third kappa shape index (κ3) is 5.87. The number of likely N-dealkylation sites (N-methyl/N-ethyl adjacent to an activating group) is 1. The summed E-state index contributed by atoms with van der Waals surface area (Å²) in [4.78, 5) is 44.3. The fraction of sp³-hybridized carbons (Fsp3) is 0.560. The SMILES string of the molecule is CCNC(=O)N1CCN(CC2=C(C(=O)OCC)[C@H](c3ccc(OC)cc3)NC(=O)N2CC)C[C@@H]1C. The smallest absolute Gasteiger partial charge is 0.338 e. The molecule has 0 spiro atoms. The number of benzene rings is 1. The zero-order valence-electron chi connectivity index (χ0n) is 21.3. The van der Waals surface area contributed by atoms with Crippen molar-refractivity contribution in [2.75, 3.05) is 53.0 Å². The molecule has 0 radical (unpaired) electrons. The van der Waals surface area contributed by atoms with Gasteiger partial charge in [0.05, 0.1) is 25.3 Å². The Labute approximate surface area is 207 Å². The predicted molar refractivity (Wildman–Crippen MR) is 132 cm³/mol. The van der Waals surface area contributed by atoms with Crippen molar-refractivity contribution in [3.8, 4) is 5.75 Å². The first kappa shape index (κ1) is 26.3. The van der Waals surface area contributed by atoms with Crippen LogP contribution in [0, 0.1) is 0 Å². The molecule has 2 aliphatic heterocycles. The molecule has 1 fully saturated rings. The minimum absolute atomic E-state index is 0.00757. The molecule has 3 rings (SSSR count). The first-order chi connectivity index (χ1) is 16.8. The summed E-state index contributed by atoms with van der Waals surface area (Å²) in [5.41, 5.74) is 1.83. The standard InChI is InChI=1S/C25H37N5O5/c1-6-26-24(32)30-14-13-28(15-17(30)4)16-20-21(23(31)35-8-3)22(27-25(33)29(20)7-2)18-9-11-19(34-5)12-10-18/h9-12,17,22H,6-8,13-16H2,1-5H3,(H,26,32)(H,27,33)/t17-,22-/m0/s1. The molecule has 0 aliphatic carbocycles. The number of piperazine rings is 1. The average molecular weight is 488 g/mol. The largest absolute Gasteiger partial charge is 0.497 e. The number of nitrogens with zero attached hydrogens (tertiary/aromatic N) is 3. The average Bonchev–Trinajstić information content (AvgIpc) is 2.84. The van der Waals surface area contributed by atoms with Gasteiger partial charge in [0.25, 0.3) is 0 Å². The van der Waals surface area contributed by atoms with Crippen LogP contribution in [0.4, 0.5) is 9.59 Å². The zero-order valence-corrected chi connectivity index (χ0v) is 21.3. The Morgan fingerprint density at radius 1 is 1.14 bits per heavy atom. The van der Waals surface area contributed by atoms with E-state index in [4.69, 9.17) is 9.47 Å². The van der Waals surface area contributed by atoms with Gasteiger partial charge in [-0.05, 0) is 45.4 Å². The second kappa shape index (κ2) is 11.9. The molecule has 0 bridgehead atoms. The quantitative estimate of drug-likeness (QED) is 0.546. The van der Waals surface area contributed by atoms with Gasteiger partial charge in [0.1, 0.15) is 5.75 Å². The minimum Gasteiger partial charge on any atom is -0.497 e. The van der Waals surface area contributed by atoms with Crippen LogP contribution >= 0.6 is 0 Å². The summed E-state index contributed by atoms with van der Waals surface area (Å²) in [6.45, 7) is 11.0. The van der Waals surface area contributed by atoms with Gasteiger partial charge in [0, 0.05) is 51.0 Å². The lowest BCUT2D eigenvalue weighted by Gasteiger charge is -2.42. The Hall–Kier alpha value is -3.27. The van der Waals surface area contributed by atoms with E-state index < -0.39 is 12.0 Å². The van der Waals surface area contributed by atoms with Crippen molar-refractivity contribution < 1.29 is 23.9 Å². The van der Waals surface area contributed by atoms with Crippen molar-refractivity contribution in [2.24, 2.45) is 0 Å². The molecular weight excluding hydrogens is 450 g/mol. The number of hydrogen-bond acceptors (Lipinski definition) is 6. The van der Waals surface area contributed by atoms with Gasteiger partial charge in [0.15, 0.2) is 0 Å². The van der Waals surface area contributed by atoms with Gasteiger partial charge in [-0.3, -0.25) is 9.80 Å². The summed E-state index contributed by atoms with van der Waals surface area (Å²) in [6, 6.07) is 6.32. The molecule has 2 aliphatic rings. The molecule has 1 aromatic carbocycles. The van der Waals surface area contributed by atoms with Crippen LogP contribution in [0.1, 0.15) is 39.3 Å². The number of carbonyl (C=O) groups excluding carboxylic acids is 3. The van der Waals surface area contributed by atoms with Crippen molar-refractivity contribution in [2.45, 2.75) is 39.8 Å². The molecule has 4 amide bonds. The van der Waals surface area contributed by atoms with Gasteiger partial charge in [-0.1, -0.05) is 12.1 Å². The first-order valence-electron chi connectivity index (χ1n) is 12.2. The maximum atomic E-state index is 13.2. The Morgan fingerprint density at radius 3 is 2.43 bits per heavy atom. The van der Waals surface area contributed by atoms with Crippen LogP contribution in [0.25, 0.3) is 0 Å². The molecule has 10 nitrogen and oxygen atoms in total. The van der Waals surface area contributed by atoms with Crippen LogP contribution in [-0.4, -0.2) is 91.8 Å². The number of urea groups is 2. The molecule has 2 N–H and O–H groups in total. The second-order valence-corrected chi connectivity index (χ2v) is 8.59. The number of nitrogens with one attached hydrogen (secondary N) is 2. The first-order valence-corrected chi connectivity index (χ1v) is 12.2. The Kier molecular flexibility index (Phi) is 8.97. The summed E-state index contributed by atoms with van der Waals surface area (Å²) in [5, 5.41) is 5.84. The van der Waals surface area contributed by atoms with Crippen molar-refractivity contribution in [3.63, 3.8) is 0 Å². The molecular formula is C25H37N5O5. The number of amides is 4. The monoisotopic (exact) mass is 487 g/mol. The lowest BCUT2D eigenvalue weighted by molar-refractivity contribution is -0.139. The van der Waals surface area contributed by atoms with Gasteiger partial charge < -0.3 is 25.0 Å². The van der Waals surface area contributed by atoms with Gasteiger partial charge in [0.2, 0.25) is 0 Å². The molecule has 35 heavy (non-hydrogen) atoms. The molecule has 192 valence electrons. The Balaban J connectivity index is 1.96. The molecule has 0 aromatic heterocycles. The van der Waals surface area contributed by atoms with E-state index in [0.717, 1.165) is 5.56 Å². The van der Waals surface area contributed by atoms with Gasteiger partial charge >= 0.3 is 18.0 Å². The lowest BCUT2D eigenvalue weighted by atomic mass is 9.94. The van der Waals surface area contributed by atoms with Crippen LogP contribution in [-0.2, 0) is 9.53 Å². The Bertz CT molecular complexity index is 948. The van der Waals surface area contributed by atoms with Crippen LogP contribution < -0.4 is 15.4 Å². The van der Waals surface area contributed by atoms with E-state index in [1.807, 2.05) is 37.8 Å². The normalized spacial score (nSPS) is 21.0. The molecule has 10 heteroatoms. The van der Waals surface area contributed by atoms with E-state index >= 15 is 0 Å². The number of hydrogen-bond donors (Lipinski definition) is 2. The number of esters is 1. The van der Waals surface area contributed by atoms with Crippen LogP contribution in [0.5, 0.6) is 5.75 Å². The van der Waals surface area contributed by atoms with E-state index in [0.29, 0.717) is 56.3 Å². The number of carbonyl (C=O) groups is 3. The molecule has 1 aromatic rings. The van der Waals surface area contributed by atoms with Crippen molar-refractivity contribution in [1.29, 1.82) is 0 Å². The fourth-order valence-electron chi connectivity index (χ4n) is 4.65. The molecule has 2 heterocycles. The predicted octanol–water partition coefficient (Wildman–Crippen LogP) is 2.33. The van der Waals surface area contributed by atoms with E-state index in [-0.39, 0.29) is 24.7 Å². The van der Waals surface area contributed by atoms with Crippen molar-refractivity contribution in [1.82, 2.24) is 25.3 Å². The van der Waals surface area contributed by atoms with Gasteiger partial charge in [-0.2, -0.15) is 0 Å². The maximum Gasteiger partial charge on any atom is 0.338 e. The molecule has 0 saturated carbocycles. The summed E-state index contributed by atoms with van der Waals surface area (Å²) in [7, 11) is 1.59. The number of rotatable bonds is 8. The molecule has 2 atom stereocenters. The van der Waals surface area contributed by atoms with Crippen molar-refractivity contribution in [3.05, 3.63) is 41.1 Å². The van der Waals surface area contributed by atoms with Gasteiger partial charge in [-0.15, -0.1) is 0 Å². The molecule has 1 saturated heterocycles. The van der Waals surface area contributed by atoms with Crippen LogP contribution in [0.2, 0.25) is 0 Å². The highest BCUT2D eigenvalue weighted by Gasteiger charge is 2.39. The Morgan fingerprint density at radius 2 is 1.86 bits per heavy atom. The van der Waals surface area contributed by atoms with E-state index in [9.17, 15) is 14.4 Å². The second-order valence-electron chi connectivity index (χ2n) is 8.59. The zero-order chi connectivity index (χ0) is 25.5. The summed E-state index contributed by atoms with van der Waals surface area (Å²) < 4.78 is 10.7. The minimum atomic E-state index is -0.640. The van der Waals surface area contributed by atoms with Gasteiger partial charge in [-0.25, -0.2) is 14.4 Å². The fourth-order valence-corrected chi connectivity index (χ4v) is 4.65. The topological polar surface area (TPSA) is 103 Å². The lowest BCUT2D eigenvalue weighted by Crippen LogP contribution is -2.58. The highest BCUT2D eigenvalue weighted by Crippen LogP contribution is 2.33. The third-order valence-corrected chi connectivity index (χ3v) is 6.37. The van der Waals surface area contributed by atoms with E-state index in [1.54, 1.807) is 31.1 Å². The maximum absolute atomic E-state index is 13.2. The van der Waals surface area contributed by atoms with E-state index in [2.05, 4.69) is 15.5 Å². The number of ether oxygens (including phenoxy) is 2. The van der Waals surface area contributed by atoms with Crippen LogP contribution in [0.3, 0.4) is 0 Å². The highest BCUT2D eigenvalue weighted by atomic mass is 16.5.